The lowest BCUT2D eigenvalue weighted by molar-refractivity contribution is -0.0406. The fraction of sp³-hybridized carbons (Fsp3) is 0.769. The fourth-order valence-electron chi connectivity index (χ4n) is 2.08. The van der Waals surface area contributed by atoms with Gasteiger partial charge in [-0.15, -0.1) is 11.3 Å². The van der Waals surface area contributed by atoms with E-state index in [1.165, 1.54) is 10.7 Å². The Hall–Kier alpha value is -0.490. The lowest BCUT2D eigenvalue weighted by Crippen LogP contribution is -2.49. The Morgan fingerprint density at radius 3 is 2.94 bits per heavy atom. The highest BCUT2D eigenvalue weighted by molar-refractivity contribution is 7.09. The Balaban J connectivity index is 1.92. The SMILES string of the molecule is CC(C)c1nc(CN2CCOC(C(C)N)C2)cs1. The molecule has 2 rings (SSSR count). The molecule has 0 bridgehead atoms. The normalized spacial score (nSPS) is 23.5. The Morgan fingerprint density at radius 2 is 2.33 bits per heavy atom. The van der Waals surface area contributed by atoms with Crippen LogP contribution in [-0.4, -0.2) is 41.7 Å². The van der Waals surface area contributed by atoms with Gasteiger partial charge in [0.1, 0.15) is 0 Å². The van der Waals surface area contributed by atoms with Gasteiger partial charge < -0.3 is 10.5 Å². The lowest BCUT2D eigenvalue weighted by atomic mass is 10.1. The van der Waals surface area contributed by atoms with Crippen molar-refractivity contribution in [2.24, 2.45) is 5.73 Å². The molecule has 1 fully saturated rings. The first kappa shape index (κ1) is 13.9. The summed E-state index contributed by atoms with van der Waals surface area (Å²) >= 11 is 1.76. The zero-order chi connectivity index (χ0) is 13.1. The van der Waals surface area contributed by atoms with E-state index in [4.69, 9.17) is 10.5 Å². The van der Waals surface area contributed by atoms with Crippen LogP contribution in [0.3, 0.4) is 0 Å². The second-order valence-electron chi connectivity index (χ2n) is 5.34. The summed E-state index contributed by atoms with van der Waals surface area (Å²) in [4.78, 5) is 7.06. The van der Waals surface area contributed by atoms with Crippen molar-refractivity contribution in [3.8, 4) is 0 Å². The summed E-state index contributed by atoms with van der Waals surface area (Å²) < 4.78 is 5.67. The van der Waals surface area contributed by atoms with Gasteiger partial charge in [0.15, 0.2) is 0 Å². The topological polar surface area (TPSA) is 51.4 Å². The van der Waals surface area contributed by atoms with Crippen LogP contribution in [-0.2, 0) is 11.3 Å². The minimum absolute atomic E-state index is 0.0921. The molecular formula is C13H23N3OS. The van der Waals surface area contributed by atoms with Crippen molar-refractivity contribution >= 4 is 11.3 Å². The van der Waals surface area contributed by atoms with E-state index in [0.717, 1.165) is 26.2 Å². The maximum atomic E-state index is 5.90. The minimum Gasteiger partial charge on any atom is -0.374 e. The van der Waals surface area contributed by atoms with Gasteiger partial charge in [-0.05, 0) is 6.92 Å². The van der Waals surface area contributed by atoms with Crippen LogP contribution >= 0.6 is 11.3 Å². The Labute approximate surface area is 113 Å². The van der Waals surface area contributed by atoms with Crippen LogP contribution in [0.25, 0.3) is 0 Å². The van der Waals surface area contributed by atoms with Gasteiger partial charge in [-0.25, -0.2) is 4.98 Å². The number of nitrogens with two attached hydrogens (primary N) is 1. The highest BCUT2D eigenvalue weighted by Crippen LogP contribution is 2.20. The van der Waals surface area contributed by atoms with Crippen LogP contribution in [0, 0.1) is 0 Å². The monoisotopic (exact) mass is 269 g/mol. The van der Waals surface area contributed by atoms with E-state index in [-0.39, 0.29) is 12.1 Å². The van der Waals surface area contributed by atoms with Crippen molar-refractivity contribution in [3.05, 3.63) is 16.1 Å². The second kappa shape index (κ2) is 6.10. The van der Waals surface area contributed by atoms with Crippen molar-refractivity contribution in [1.82, 2.24) is 9.88 Å². The van der Waals surface area contributed by atoms with Gasteiger partial charge in [0.05, 0.1) is 23.4 Å². The summed E-state index contributed by atoms with van der Waals surface area (Å²) in [6.45, 7) is 9.94. The van der Waals surface area contributed by atoms with Gasteiger partial charge in [-0.1, -0.05) is 13.8 Å². The number of morpholine rings is 1. The molecule has 1 saturated heterocycles. The largest absolute Gasteiger partial charge is 0.374 e. The molecule has 2 unspecified atom stereocenters. The summed E-state index contributed by atoms with van der Waals surface area (Å²) in [7, 11) is 0. The van der Waals surface area contributed by atoms with Crippen LogP contribution < -0.4 is 5.73 Å². The molecule has 102 valence electrons. The summed E-state index contributed by atoms with van der Waals surface area (Å²) in [5, 5.41) is 3.40. The molecule has 1 aliphatic heterocycles. The number of aromatic nitrogens is 1. The highest BCUT2D eigenvalue weighted by Gasteiger charge is 2.23. The van der Waals surface area contributed by atoms with E-state index in [1.54, 1.807) is 11.3 Å². The molecule has 0 saturated carbocycles. The Morgan fingerprint density at radius 1 is 1.56 bits per heavy atom. The summed E-state index contributed by atoms with van der Waals surface area (Å²) in [5.41, 5.74) is 7.08. The zero-order valence-corrected chi connectivity index (χ0v) is 12.2. The molecule has 0 amide bonds. The molecule has 2 N–H and O–H groups in total. The third-order valence-electron chi connectivity index (χ3n) is 3.21. The van der Waals surface area contributed by atoms with E-state index >= 15 is 0 Å². The maximum absolute atomic E-state index is 5.90. The molecule has 0 spiro atoms. The Bertz CT molecular complexity index is 378. The molecule has 1 aromatic rings. The highest BCUT2D eigenvalue weighted by atomic mass is 32.1. The van der Waals surface area contributed by atoms with Crippen LogP contribution in [0.2, 0.25) is 0 Å². The van der Waals surface area contributed by atoms with Gasteiger partial charge in [0.2, 0.25) is 0 Å². The van der Waals surface area contributed by atoms with Gasteiger partial charge in [0, 0.05) is 37.0 Å². The first-order valence-corrected chi connectivity index (χ1v) is 7.48. The quantitative estimate of drug-likeness (QED) is 0.906. The molecule has 4 nitrogen and oxygen atoms in total. The van der Waals surface area contributed by atoms with Gasteiger partial charge in [-0.3, -0.25) is 4.90 Å². The van der Waals surface area contributed by atoms with Crippen LogP contribution in [0.1, 0.15) is 37.4 Å². The van der Waals surface area contributed by atoms with E-state index in [1.807, 2.05) is 6.92 Å². The van der Waals surface area contributed by atoms with Gasteiger partial charge >= 0.3 is 0 Å². The van der Waals surface area contributed by atoms with Gasteiger partial charge in [-0.2, -0.15) is 0 Å². The molecule has 0 radical (unpaired) electrons. The molecule has 18 heavy (non-hydrogen) atoms. The maximum Gasteiger partial charge on any atom is 0.0954 e. The average Bonchev–Trinajstić information content (AvgIpc) is 2.78. The van der Waals surface area contributed by atoms with Crippen molar-refractivity contribution in [2.45, 2.75) is 45.4 Å². The predicted molar refractivity (Wildman–Crippen MR) is 74.9 cm³/mol. The smallest absolute Gasteiger partial charge is 0.0954 e. The number of ether oxygens (including phenoxy) is 1. The number of rotatable bonds is 4. The third kappa shape index (κ3) is 3.51. The van der Waals surface area contributed by atoms with Crippen LogP contribution in [0.4, 0.5) is 0 Å². The minimum atomic E-state index is 0.0921. The van der Waals surface area contributed by atoms with Crippen molar-refractivity contribution in [2.75, 3.05) is 19.7 Å². The molecule has 5 heteroatoms. The van der Waals surface area contributed by atoms with E-state index < -0.39 is 0 Å². The van der Waals surface area contributed by atoms with Crippen LogP contribution in [0.5, 0.6) is 0 Å². The average molecular weight is 269 g/mol. The van der Waals surface area contributed by atoms with E-state index in [2.05, 4.69) is 29.1 Å². The molecule has 0 aliphatic carbocycles. The molecule has 2 atom stereocenters. The predicted octanol–water partition coefficient (Wildman–Crippen LogP) is 1.81. The number of thiazole rings is 1. The molecule has 1 aromatic heterocycles. The second-order valence-corrected chi connectivity index (χ2v) is 6.22. The number of nitrogens with zero attached hydrogens (tertiary/aromatic N) is 2. The fourth-order valence-corrected chi connectivity index (χ4v) is 2.91. The number of hydrogen-bond donors (Lipinski definition) is 1. The molecular weight excluding hydrogens is 246 g/mol. The lowest BCUT2D eigenvalue weighted by Gasteiger charge is -2.34. The standard InChI is InChI=1S/C13H23N3OS/c1-9(2)13-15-11(8-18-13)6-16-4-5-17-12(7-16)10(3)14/h8-10,12H,4-7,14H2,1-3H3. The molecule has 1 aliphatic rings. The van der Waals surface area contributed by atoms with Crippen molar-refractivity contribution in [1.29, 1.82) is 0 Å². The number of hydrogen-bond acceptors (Lipinski definition) is 5. The zero-order valence-electron chi connectivity index (χ0n) is 11.4. The van der Waals surface area contributed by atoms with Crippen molar-refractivity contribution < 1.29 is 4.74 Å². The summed E-state index contributed by atoms with van der Waals surface area (Å²) in [6.07, 6.45) is 0.155. The van der Waals surface area contributed by atoms with E-state index in [0.29, 0.717) is 5.92 Å². The molecule has 2 heterocycles. The summed E-state index contributed by atoms with van der Waals surface area (Å²) in [6, 6.07) is 0.0921. The first-order chi connectivity index (χ1) is 8.56. The molecule has 0 aromatic carbocycles. The van der Waals surface area contributed by atoms with Gasteiger partial charge in [0.25, 0.3) is 0 Å². The van der Waals surface area contributed by atoms with Crippen molar-refractivity contribution in [3.63, 3.8) is 0 Å². The van der Waals surface area contributed by atoms with Crippen LogP contribution in [0.15, 0.2) is 5.38 Å². The summed E-state index contributed by atoms with van der Waals surface area (Å²) in [5.74, 6) is 0.519. The first-order valence-electron chi connectivity index (χ1n) is 6.60. The third-order valence-corrected chi connectivity index (χ3v) is 4.41. The van der Waals surface area contributed by atoms with E-state index in [9.17, 15) is 0 Å². The Kier molecular flexibility index (Phi) is 4.72.